The van der Waals surface area contributed by atoms with Crippen molar-refractivity contribution in [2.45, 2.75) is 131 Å². The summed E-state index contributed by atoms with van der Waals surface area (Å²) in [6, 6.07) is -1.26. The van der Waals surface area contributed by atoms with E-state index < -0.39 is 35.5 Å². The van der Waals surface area contributed by atoms with Gasteiger partial charge >= 0.3 is 12.2 Å². The van der Waals surface area contributed by atoms with Crippen molar-refractivity contribution in [3.05, 3.63) is 0 Å². The lowest BCUT2D eigenvalue weighted by molar-refractivity contribution is -0.125. The van der Waals surface area contributed by atoms with Crippen LogP contribution in [0.3, 0.4) is 0 Å². The summed E-state index contributed by atoms with van der Waals surface area (Å²) < 4.78 is 10.6. The molecule has 0 spiro atoms. The molecule has 0 aromatic rings. The van der Waals surface area contributed by atoms with Crippen LogP contribution in [-0.2, 0) is 19.1 Å². The van der Waals surface area contributed by atoms with Gasteiger partial charge in [-0.2, -0.15) is 0 Å². The Bertz CT molecular complexity index is 774. The number of alkyl carbamates (subject to hydrolysis) is 2. The van der Waals surface area contributed by atoms with Gasteiger partial charge in [-0.15, -0.1) is 0 Å². The number of carbonyl (C=O) groups is 4. The Morgan fingerprint density at radius 2 is 0.864 bits per heavy atom. The summed E-state index contributed by atoms with van der Waals surface area (Å²) in [5, 5.41) is 18.1. The number of rotatable bonds is 21. The second kappa shape index (κ2) is 22.0. The Balaban J connectivity index is 4.02. The van der Waals surface area contributed by atoms with Gasteiger partial charge in [-0.3, -0.25) is 9.59 Å². The topological polar surface area (TPSA) is 159 Å². The highest BCUT2D eigenvalue weighted by Crippen LogP contribution is 2.12. The van der Waals surface area contributed by atoms with E-state index >= 15 is 0 Å². The van der Waals surface area contributed by atoms with Crippen LogP contribution in [0.2, 0.25) is 0 Å². The van der Waals surface area contributed by atoms with Crippen LogP contribution in [0.4, 0.5) is 9.59 Å². The Labute approximate surface area is 266 Å². The zero-order valence-corrected chi connectivity index (χ0v) is 29.2. The van der Waals surface area contributed by atoms with Gasteiger partial charge < -0.3 is 41.4 Å². The Kier molecular flexibility index (Phi) is 20.7. The molecule has 0 aromatic heterocycles. The van der Waals surface area contributed by atoms with E-state index in [1.807, 2.05) is 27.7 Å². The third kappa shape index (κ3) is 21.2. The predicted molar refractivity (Wildman–Crippen MR) is 175 cm³/mol. The first-order valence-corrected chi connectivity index (χ1v) is 16.5. The molecule has 6 N–H and O–H groups in total. The lowest BCUT2D eigenvalue weighted by Gasteiger charge is -2.26. The predicted octanol–water partition coefficient (Wildman–Crippen LogP) is 3.84. The number of hydrogen-bond donors (Lipinski definition) is 6. The lowest BCUT2D eigenvalue weighted by atomic mass is 9.98. The number of carbonyl (C=O) groups excluding carboxylic acids is 4. The Morgan fingerprint density at radius 1 is 0.545 bits per heavy atom. The molecule has 0 rings (SSSR count). The molecular weight excluding hydrogens is 564 g/mol. The highest BCUT2D eigenvalue weighted by Gasteiger charge is 2.29. The molecule has 0 aliphatic carbocycles. The van der Waals surface area contributed by atoms with Gasteiger partial charge in [0.05, 0.1) is 0 Å². The molecule has 12 nitrogen and oxygen atoms in total. The second-order valence-corrected chi connectivity index (χ2v) is 13.5. The first-order chi connectivity index (χ1) is 20.5. The zero-order chi connectivity index (χ0) is 33.8. The van der Waals surface area contributed by atoms with Crippen molar-refractivity contribution >= 4 is 24.0 Å². The molecule has 44 heavy (non-hydrogen) atoms. The van der Waals surface area contributed by atoms with E-state index in [1.165, 1.54) is 0 Å². The summed E-state index contributed by atoms with van der Waals surface area (Å²) in [7, 11) is 0. The third-order valence-corrected chi connectivity index (χ3v) is 6.95. The van der Waals surface area contributed by atoms with Crippen molar-refractivity contribution in [3.63, 3.8) is 0 Å². The average molecular weight is 629 g/mol. The van der Waals surface area contributed by atoms with Gasteiger partial charge in [-0.1, -0.05) is 40.5 Å². The fraction of sp³-hybridized carbons (Fsp3) is 0.875. The SMILES string of the molecule is CCC(C)[C@H](NC(=O)OC(C)(C)C)C(=O)NCCCNCCCCNCCCNC(=O)[C@@H](NC(=O)OC(C)(C)C)C(C)CC. The molecule has 4 amide bonds. The van der Waals surface area contributed by atoms with E-state index in [4.69, 9.17) is 9.47 Å². The summed E-state index contributed by atoms with van der Waals surface area (Å²) in [6.07, 6.45) is 3.99. The Hall–Kier alpha value is -2.60. The normalized spacial score (nSPS) is 14.5. The summed E-state index contributed by atoms with van der Waals surface area (Å²) >= 11 is 0. The molecule has 0 aliphatic heterocycles. The molecule has 12 heteroatoms. The molecule has 0 saturated carbocycles. The van der Waals surface area contributed by atoms with Gasteiger partial charge in [0, 0.05) is 13.1 Å². The molecule has 0 bridgehead atoms. The quantitative estimate of drug-likeness (QED) is 0.105. The maximum Gasteiger partial charge on any atom is 0.408 e. The van der Waals surface area contributed by atoms with Crippen molar-refractivity contribution in [1.82, 2.24) is 31.9 Å². The minimum absolute atomic E-state index is 0.0110. The summed E-state index contributed by atoms with van der Waals surface area (Å²) in [5.41, 5.74) is -1.24. The van der Waals surface area contributed by atoms with Crippen LogP contribution < -0.4 is 31.9 Å². The van der Waals surface area contributed by atoms with Crippen LogP contribution in [0, 0.1) is 11.8 Å². The van der Waals surface area contributed by atoms with Crippen molar-refractivity contribution < 1.29 is 28.7 Å². The minimum Gasteiger partial charge on any atom is -0.444 e. The van der Waals surface area contributed by atoms with Gasteiger partial charge in [0.25, 0.3) is 0 Å². The van der Waals surface area contributed by atoms with E-state index in [0.29, 0.717) is 13.1 Å². The first-order valence-electron chi connectivity index (χ1n) is 16.5. The zero-order valence-electron chi connectivity index (χ0n) is 29.2. The molecule has 0 aliphatic rings. The second-order valence-electron chi connectivity index (χ2n) is 13.5. The molecule has 258 valence electrons. The van der Waals surface area contributed by atoms with E-state index in [2.05, 4.69) is 31.9 Å². The summed E-state index contributed by atoms with van der Waals surface area (Å²) in [4.78, 5) is 49.7. The highest BCUT2D eigenvalue weighted by atomic mass is 16.6. The lowest BCUT2D eigenvalue weighted by Crippen LogP contribution is -2.51. The number of amides is 4. The fourth-order valence-electron chi connectivity index (χ4n) is 4.09. The van der Waals surface area contributed by atoms with Crippen molar-refractivity contribution in [1.29, 1.82) is 0 Å². The van der Waals surface area contributed by atoms with Crippen molar-refractivity contribution in [3.8, 4) is 0 Å². The van der Waals surface area contributed by atoms with E-state index in [-0.39, 0.29) is 23.7 Å². The van der Waals surface area contributed by atoms with E-state index in [1.54, 1.807) is 41.5 Å². The van der Waals surface area contributed by atoms with Crippen molar-refractivity contribution in [2.75, 3.05) is 39.3 Å². The van der Waals surface area contributed by atoms with Gasteiger partial charge in [0.15, 0.2) is 0 Å². The molecule has 0 radical (unpaired) electrons. The number of unbranched alkanes of at least 4 members (excludes halogenated alkanes) is 1. The molecule has 4 atom stereocenters. The van der Waals surface area contributed by atoms with Crippen LogP contribution in [0.5, 0.6) is 0 Å². The van der Waals surface area contributed by atoms with Crippen LogP contribution in [0.15, 0.2) is 0 Å². The van der Waals surface area contributed by atoms with Gasteiger partial charge in [-0.25, -0.2) is 9.59 Å². The minimum atomic E-state index is -0.630. The van der Waals surface area contributed by atoms with Crippen LogP contribution >= 0.6 is 0 Å². The standard InChI is InChI=1S/C32H64N6O6/c1-11-23(3)25(37-29(41)43-31(5,6)7)27(39)35-21-15-19-33-17-13-14-18-34-20-16-22-36-28(40)26(24(4)12-2)38-30(42)44-32(8,9)10/h23-26,33-34H,11-22H2,1-10H3,(H,35,39)(H,36,40)(H,37,41)(H,38,42)/t23?,24?,25-,26-/m0/s1. The van der Waals surface area contributed by atoms with E-state index in [9.17, 15) is 19.2 Å². The third-order valence-electron chi connectivity index (χ3n) is 6.95. The van der Waals surface area contributed by atoms with Gasteiger partial charge in [0.2, 0.25) is 11.8 Å². The molecule has 0 saturated heterocycles. The monoisotopic (exact) mass is 628 g/mol. The molecular formula is C32H64N6O6. The molecule has 0 heterocycles. The van der Waals surface area contributed by atoms with Crippen LogP contribution in [0.25, 0.3) is 0 Å². The first kappa shape index (κ1) is 41.4. The number of hydrogen-bond acceptors (Lipinski definition) is 8. The molecule has 0 fully saturated rings. The molecule has 2 unspecified atom stereocenters. The largest absolute Gasteiger partial charge is 0.444 e. The summed E-state index contributed by atoms with van der Waals surface area (Å²) in [6.45, 7) is 23.0. The summed E-state index contributed by atoms with van der Waals surface area (Å²) in [5.74, 6) is -0.404. The average Bonchev–Trinajstić information content (AvgIpc) is 2.91. The molecule has 0 aromatic carbocycles. The van der Waals surface area contributed by atoms with Crippen LogP contribution in [-0.4, -0.2) is 86.6 Å². The highest BCUT2D eigenvalue weighted by molar-refractivity contribution is 5.86. The Morgan fingerprint density at radius 3 is 1.16 bits per heavy atom. The van der Waals surface area contributed by atoms with E-state index in [0.717, 1.165) is 64.7 Å². The maximum atomic E-state index is 12.7. The van der Waals surface area contributed by atoms with Crippen molar-refractivity contribution in [2.24, 2.45) is 11.8 Å². The fourth-order valence-corrected chi connectivity index (χ4v) is 4.09. The van der Waals surface area contributed by atoms with Crippen LogP contribution in [0.1, 0.15) is 108 Å². The smallest absolute Gasteiger partial charge is 0.408 e. The maximum absolute atomic E-state index is 12.7. The van der Waals surface area contributed by atoms with Gasteiger partial charge in [0.1, 0.15) is 23.3 Å². The number of ether oxygens (including phenoxy) is 2. The number of nitrogens with one attached hydrogen (secondary N) is 6. The van der Waals surface area contributed by atoms with Gasteiger partial charge in [-0.05, 0) is 105 Å².